The maximum absolute atomic E-state index is 3.62. The van der Waals surface area contributed by atoms with Crippen molar-refractivity contribution in [2.24, 2.45) is 0 Å². The minimum absolute atomic E-state index is 0.673. The molecule has 0 radical (unpaired) electrons. The van der Waals surface area contributed by atoms with Crippen LogP contribution in [-0.2, 0) is 0 Å². The standard InChI is InChI=1S/C15H29N3/c1-12-11-18(8-4-7-16-12)15-9-13-5-3-6-14(10-15)17(13)2/h12-16H,3-11H2,1-2H3. The molecule has 3 saturated heterocycles. The number of rotatable bonds is 1. The van der Waals surface area contributed by atoms with Crippen LogP contribution in [0.15, 0.2) is 0 Å². The quantitative estimate of drug-likeness (QED) is 0.765. The highest BCUT2D eigenvalue weighted by Crippen LogP contribution is 2.34. The van der Waals surface area contributed by atoms with E-state index in [0.717, 1.165) is 18.1 Å². The first kappa shape index (κ1) is 12.9. The summed E-state index contributed by atoms with van der Waals surface area (Å²) >= 11 is 0. The number of hydrogen-bond donors (Lipinski definition) is 1. The lowest BCUT2D eigenvalue weighted by Gasteiger charge is -2.49. The van der Waals surface area contributed by atoms with E-state index in [0.29, 0.717) is 6.04 Å². The minimum Gasteiger partial charge on any atom is -0.313 e. The summed E-state index contributed by atoms with van der Waals surface area (Å²) in [5, 5.41) is 3.62. The number of nitrogens with zero attached hydrogens (tertiary/aromatic N) is 2. The van der Waals surface area contributed by atoms with Crippen LogP contribution in [0.3, 0.4) is 0 Å². The van der Waals surface area contributed by atoms with Gasteiger partial charge in [0, 0.05) is 30.7 Å². The van der Waals surface area contributed by atoms with E-state index < -0.39 is 0 Å². The molecular weight excluding hydrogens is 222 g/mol. The second-order valence-electron chi connectivity index (χ2n) is 6.73. The van der Waals surface area contributed by atoms with E-state index in [2.05, 4.69) is 29.1 Å². The molecule has 1 N–H and O–H groups in total. The summed E-state index contributed by atoms with van der Waals surface area (Å²) in [5.41, 5.74) is 0. The molecule has 3 unspecified atom stereocenters. The van der Waals surface area contributed by atoms with Gasteiger partial charge in [0.1, 0.15) is 0 Å². The molecule has 0 amide bonds. The van der Waals surface area contributed by atoms with Crippen molar-refractivity contribution in [2.75, 3.05) is 26.7 Å². The Hall–Kier alpha value is -0.120. The van der Waals surface area contributed by atoms with Gasteiger partial charge in [0.05, 0.1) is 0 Å². The van der Waals surface area contributed by atoms with Gasteiger partial charge in [0.15, 0.2) is 0 Å². The molecular formula is C15H29N3. The Bertz CT molecular complexity index is 267. The Kier molecular flexibility index (Phi) is 3.92. The molecule has 0 aromatic heterocycles. The van der Waals surface area contributed by atoms with Gasteiger partial charge in [-0.25, -0.2) is 0 Å². The molecule has 2 bridgehead atoms. The molecule has 0 aromatic rings. The number of hydrogen-bond acceptors (Lipinski definition) is 3. The second kappa shape index (κ2) is 5.48. The lowest BCUT2D eigenvalue weighted by atomic mass is 9.81. The maximum atomic E-state index is 3.62. The van der Waals surface area contributed by atoms with Crippen molar-refractivity contribution in [3.05, 3.63) is 0 Å². The van der Waals surface area contributed by atoms with Gasteiger partial charge in [0.2, 0.25) is 0 Å². The van der Waals surface area contributed by atoms with E-state index in [1.165, 1.54) is 58.2 Å². The van der Waals surface area contributed by atoms with Crippen LogP contribution >= 0.6 is 0 Å². The first-order chi connectivity index (χ1) is 8.74. The van der Waals surface area contributed by atoms with Crippen molar-refractivity contribution in [1.29, 1.82) is 0 Å². The van der Waals surface area contributed by atoms with Gasteiger partial charge in [-0.05, 0) is 59.2 Å². The van der Waals surface area contributed by atoms with Crippen LogP contribution < -0.4 is 5.32 Å². The highest BCUT2D eigenvalue weighted by molar-refractivity contribution is 4.95. The van der Waals surface area contributed by atoms with Crippen molar-refractivity contribution >= 4 is 0 Å². The second-order valence-corrected chi connectivity index (χ2v) is 6.73. The highest BCUT2D eigenvalue weighted by atomic mass is 15.2. The fourth-order valence-corrected chi connectivity index (χ4v) is 4.36. The minimum atomic E-state index is 0.673. The fraction of sp³-hybridized carbons (Fsp3) is 1.00. The summed E-state index contributed by atoms with van der Waals surface area (Å²) in [7, 11) is 2.36. The van der Waals surface area contributed by atoms with Crippen LogP contribution in [0.4, 0.5) is 0 Å². The van der Waals surface area contributed by atoms with Gasteiger partial charge in [-0.1, -0.05) is 6.42 Å². The molecule has 104 valence electrons. The Morgan fingerprint density at radius 3 is 2.44 bits per heavy atom. The topological polar surface area (TPSA) is 18.5 Å². The zero-order valence-corrected chi connectivity index (χ0v) is 12.1. The smallest absolute Gasteiger partial charge is 0.0166 e. The van der Waals surface area contributed by atoms with Crippen molar-refractivity contribution in [1.82, 2.24) is 15.1 Å². The summed E-state index contributed by atoms with van der Waals surface area (Å²) in [6.07, 6.45) is 8.49. The lowest BCUT2D eigenvalue weighted by molar-refractivity contribution is 0.00892. The molecule has 0 saturated carbocycles. The predicted molar refractivity (Wildman–Crippen MR) is 75.9 cm³/mol. The normalized spacial score (nSPS) is 43.7. The first-order valence-corrected chi connectivity index (χ1v) is 7.93. The summed E-state index contributed by atoms with van der Waals surface area (Å²) in [5.74, 6) is 0. The SMILES string of the molecule is CC1CN(C2CC3CCCC(C2)N3C)CCCN1. The fourth-order valence-electron chi connectivity index (χ4n) is 4.36. The van der Waals surface area contributed by atoms with Crippen molar-refractivity contribution in [2.45, 2.75) is 69.6 Å². The van der Waals surface area contributed by atoms with E-state index >= 15 is 0 Å². The molecule has 3 heterocycles. The molecule has 3 rings (SSSR count). The summed E-state index contributed by atoms with van der Waals surface area (Å²) in [6.45, 7) is 6.12. The monoisotopic (exact) mass is 251 g/mol. The average Bonchev–Trinajstić information content (AvgIpc) is 2.53. The average molecular weight is 251 g/mol. The van der Waals surface area contributed by atoms with Gasteiger partial charge in [-0.3, -0.25) is 4.90 Å². The number of nitrogens with one attached hydrogen (secondary N) is 1. The molecule has 3 aliphatic rings. The van der Waals surface area contributed by atoms with Crippen LogP contribution in [0.25, 0.3) is 0 Å². The van der Waals surface area contributed by atoms with Crippen molar-refractivity contribution in [3.8, 4) is 0 Å². The van der Waals surface area contributed by atoms with Gasteiger partial charge in [0.25, 0.3) is 0 Å². The first-order valence-electron chi connectivity index (χ1n) is 7.93. The molecule has 0 aliphatic carbocycles. The number of fused-ring (bicyclic) bond motifs is 2. The molecule has 0 spiro atoms. The molecule has 3 aliphatic heterocycles. The Morgan fingerprint density at radius 1 is 1.00 bits per heavy atom. The molecule has 3 nitrogen and oxygen atoms in total. The van der Waals surface area contributed by atoms with E-state index in [-0.39, 0.29) is 0 Å². The van der Waals surface area contributed by atoms with E-state index in [1.807, 2.05) is 0 Å². The summed E-state index contributed by atoms with van der Waals surface area (Å²) in [4.78, 5) is 5.47. The molecule has 18 heavy (non-hydrogen) atoms. The third-order valence-electron chi connectivity index (χ3n) is 5.45. The van der Waals surface area contributed by atoms with Crippen LogP contribution in [0.1, 0.15) is 45.4 Å². The highest BCUT2D eigenvalue weighted by Gasteiger charge is 2.38. The van der Waals surface area contributed by atoms with Crippen LogP contribution in [0.2, 0.25) is 0 Å². The van der Waals surface area contributed by atoms with E-state index in [4.69, 9.17) is 0 Å². The van der Waals surface area contributed by atoms with Crippen LogP contribution in [0, 0.1) is 0 Å². The zero-order valence-electron chi connectivity index (χ0n) is 12.1. The van der Waals surface area contributed by atoms with Crippen LogP contribution in [-0.4, -0.2) is 60.6 Å². The lowest BCUT2D eigenvalue weighted by Crippen LogP contribution is -2.56. The maximum Gasteiger partial charge on any atom is 0.0166 e. The summed E-state index contributed by atoms with van der Waals surface area (Å²) in [6, 6.07) is 3.27. The molecule has 3 fully saturated rings. The van der Waals surface area contributed by atoms with Crippen LogP contribution in [0.5, 0.6) is 0 Å². The van der Waals surface area contributed by atoms with Gasteiger partial charge in [-0.15, -0.1) is 0 Å². The zero-order chi connectivity index (χ0) is 12.5. The van der Waals surface area contributed by atoms with E-state index in [1.54, 1.807) is 0 Å². The third-order valence-corrected chi connectivity index (χ3v) is 5.45. The van der Waals surface area contributed by atoms with Crippen molar-refractivity contribution in [3.63, 3.8) is 0 Å². The largest absolute Gasteiger partial charge is 0.313 e. The third kappa shape index (κ3) is 2.59. The van der Waals surface area contributed by atoms with Crippen molar-refractivity contribution < 1.29 is 0 Å². The summed E-state index contributed by atoms with van der Waals surface area (Å²) < 4.78 is 0. The Labute approximate surface area is 112 Å². The van der Waals surface area contributed by atoms with Gasteiger partial charge in [-0.2, -0.15) is 0 Å². The Morgan fingerprint density at radius 2 is 1.72 bits per heavy atom. The van der Waals surface area contributed by atoms with E-state index in [9.17, 15) is 0 Å². The van der Waals surface area contributed by atoms with Gasteiger partial charge >= 0.3 is 0 Å². The Balaban J connectivity index is 1.65. The molecule has 3 atom stereocenters. The predicted octanol–water partition coefficient (Wildman–Crippen LogP) is 1.69. The number of piperidine rings is 2. The van der Waals surface area contributed by atoms with Gasteiger partial charge < -0.3 is 10.2 Å². The molecule has 0 aromatic carbocycles. The molecule has 3 heteroatoms.